The smallest absolute Gasteiger partial charge is 0.142 e. The average Bonchev–Trinajstić information content (AvgIpc) is 2.50. The van der Waals surface area contributed by atoms with Crippen molar-refractivity contribution in [2.45, 2.75) is 19.5 Å². The summed E-state index contributed by atoms with van der Waals surface area (Å²) in [5.74, 6) is -0.368. The summed E-state index contributed by atoms with van der Waals surface area (Å²) in [6, 6.07) is 15.2. The largest absolute Gasteiger partial charge is 0.330 e. The van der Waals surface area contributed by atoms with Crippen molar-refractivity contribution >= 4 is 11.6 Å². The van der Waals surface area contributed by atoms with Gasteiger partial charge in [-0.05, 0) is 30.2 Å². The Bertz CT molecular complexity index is 560. The van der Waals surface area contributed by atoms with Crippen LogP contribution in [0.2, 0.25) is 5.02 Å². The van der Waals surface area contributed by atoms with Gasteiger partial charge in [-0.15, -0.1) is 0 Å². The molecule has 2 aromatic rings. The van der Waals surface area contributed by atoms with Gasteiger partial charge in [-0.2, -0.15) is 0 Å². The van der Waals surface area contributed by atoms with E-state index in [1.165, 1.54) is 11.6 Å². The Morgan fingerprint density at radius 2 is 1.76 bits per heavy atom. The second-order valence-corrected chi connectivity index (χ2v) is 5.43. The number of hydrogen-bond donors (Lipinski definition) is 1. The van der Waals surface area contributed by atoms with Crippen LogP contribution in [-0.4, -0.2) is 18.0 Å². The normalized spacial score (nSPS) is 11.0. The van der Waals surface area contributed by atoms with Crippen molar-refractivity contribution in [1.82, 2.24) is 4.90 Å². The third kappa shape index (κ3) is 4.81. The molecule has 2 rings (SSSR count). The minimum absolute atomic E-state index is 0.211. The van der Waals surface area contributed by atoms with Crippen LogP contribution in [0.5, 0.6) is 0 Å². The van der Waals surface area contributed by atoms with Gasteiger partial charge in [0.2, 0.25) is 0 Å². The zero-order chi connectivity index (χ0) is 15.1. The summed E-state index contributed by atoms with van der Waals surface area (Å²) in [6.07, 6.45) is 0.903. The second-order valence-electron chi connectivity index (χ2n) is 5.05. The van der Waals surface area contributed by atoms with Crippen LogP contribution in [0.25, 0.3) is 0 Å². The third-order valence-corrected chi connectivity index (χ3v) is 3.78. The topological polar surface area (TPSA) is 29.3 Å². The molecule has 112 valence electrons. The highest BCUT2D eigenvalue weighted by Gasteiger charge is 2.11. The van der Waals surface area contributed by atoms with Crippen LogP contribution in [0.3, 0.4) is 0 Å². The molecular weight excluding hydrogens is 287 g/mol. The number of nitrogens with zero attached hydrogens (tertiary/aromatic N) is 1. The molecule has 0 spiro atoms. The number of benzene rings is 2. The molecule has 0 heterocycles. The first-order valence-corrected chi connectivity index (χ1v) is 7.47. The monoisotopic (exact) mass is 306 g/mol. The Balaban J connectivity index is 2.10. The zero-order valence-corrected chi connectivity index (χ0v) is 12.7. The highest BCUT2D eigenvalue weighted by Crippen LogP contribution is 2.22. The van der Waals surface area contributed by atoms with Gasteiger partial charge in [-0.25, -0.2) is 4.39 Å². The highest BCUT2D eigenvalue weighted by molar-refractivity contribution is 6.31. The van der Waals surface area contributed by atoms with Gasteiger partial charge in [0, 0.05) is 19.6 Å². The molecular formula is C17H20ClFN2. The van der Waals surface area contributed by atoms with Gasteiger partial charge in [0.05, 0.1) is 5.02 Å². The summed E-state index contributed by atoms with van der Waals surface area (Å²) >= 11 is 6.05. The molecule has 0 amide bonds. The number of nitrogens with two attached hydrogens (primary N) is 1. The van der Waals surface area contributed by atoms with E-state index in [0.29, 0.717) is 13.1 Å². The quantitative estimate of drug-likeness (QED) is 0.842. The maximum absolute atomic E-state index is 13.5. The molecule has 4 heteroatoms. The zero-order valence-electron chi connectivity index (χ0n) is 11.9. The molecule has 0 saturated carbocycles. The fraction of sp³-hybridized carbons (Fsp3) is 0.294. The van der Waals surface area contributed by atoms with Crippen molar-refractivity contribution in [3.05, 3.63) is 70.5 Å². The summed E-state index contributed by atoms with van der Waals surface area (Å²) < 4.78 is 13.5. The Morgan fingerprint density at radius 1 is 1.00 bits per heavy atom. The molecule has 0 aliphatic heterocycles. The molecule has 21 heavy (non-hydrogen) atoms. The van der Waals surface area contributed by atoms with Crippen molar-refractivity contribution < 1.29 is 4.39 Å². The van der Waals surface area contributed by atoms with Crippen LogP contribution in [0.1, 0.15) is 17.5 Å². The lowest BCUT2D eigenvalue weighted by atomic mass is 10.1. The lowest BCUT2D eigenvalue weighted by molar-refractivity contribution is 0.255. The Labute approximate surface area is 130 Å². The van der Waals surface area contributed by atoms with E-state index in [4.69, 9.17) is 17.3 Å². The van der Waals surface area contributed by atoms with Gasteiger partial charge in [-0.3, -0.25) is 4.90 Å². The first-order valence-electron chi connectivity index (χ1n) is 7.10. The van der Waals surface area contributed by atoms with Crippen molar-refractivity contribution in [1.29, 1.82) is 0 Å². The van der Waals surface area contributed by atoms with E-state index in [0.717, 1.165) is 25.1 Å². The van der Waals surface area contributed by atoms with Crippen LogP contribution in [0.4, 0.5) is 4.39 Å². The summed E-state index contributed by atoms with van der Waals surface area (Å²) in [7, 11) is 0. The molecule has 2 nitrogen and oxygen atoms in total. The predicted octanol–water partition coefficient (Wildman–Crippen LogP) is 3.83. The fourth-order valence-corrected chi connectivity index (χ4v) is 2.47. The fourth-order valence-electron chi connectivity index (χ4n) is 2.28. The van der Waals surface area contributed by atoms with Gasteiger partial charge < -0.3 is 5.73 Å². The summed E-state index contributed by atoms with van der Waals surface area (Å²) in [4.78, 5) is 2.24. The van der Waals surface area contributed by atoms with Crippen LogP contribution in [0.15, 0.2) is 48.5 Å². The standard InChI is InChI=1S/C17H20ClFN2/c18-17-15(8-4-9-16(17)19)13-21(11-5-10-20)12-14-6-2-1-3-7-14/h1-4,6-9H,5,10-13,20H2. The van der Waals surface area contributed by atoms with Crippen LogP contribution in [0, 0.1) is 5.82 Å². The van der Waals surface area contributed by atoms with Crippen molar-refractivity contribution in [2.24, 2.45) is 5.73 Å². The summed E-state index contributed by atoms with van der Waals surface area (Å²) in [6.45, 7) is 2.92. The minimum atomic E-state index is -0.368. The van der Waals surface area contributed by atoms with E-state index in [1.807, 2.05) is 24.3 Å². The van der Waals surface area contributed by atoms with E-state index >= 15 is 0 Å². The first-order chi connectivity index (χ1) is 10.2. The van der Waals surface area contributed by atoms with E-state index in [9.17, 15) is 4.39 Å². The van der Waals surface area contributed by atoms with E-state index in [1.54, 1.807) is 6.07 Å². The lowest BCUT2D eigenvalue weighted by Gasteiger charge is -2.23. The van der Waals surface area contributed by atoms with Crippen molar-refractivity contribution in [3.63, 3.8) is 0 Å². The molecule has 0 radical (unpaired) electrons. The molecule has 0 unspecified atom stereocenters. The maximum Gasteiger partial charge on any atom is 0.142 e. The van der Waals surface area contributed by atoms with Crippen LogP contribution >= 0.6 is 11.6 Å². The molecule has 0 atom stereocenters. The van der Waals surface area contributed by atoms with Gasteiger partial charge in [-0.1, -0.05) is 54.1 Å². The molecule has 0 fully saturated rings. The van der Waals surface area contributed by atoms with Crippen molar-refractivity contribution in [3.8, 4) is 0 Å². The molecule has 0 saturated heterocycles. The average molecular weight is 307 g/mol. The molecule has 2 aromatic carbocycles. The van der Waals surface area contributed by atoms with Gasteiger partial charge in [0.15, 0.2) is 0 Å². The number of rotatable bonds is 7. The molecule has 0 aromatic heterocycles. The van der Waals surface area contributed by atoms with E-state index in [-0.39, 0.29) is 10.8 Å². The van der Waals surface area contributed by atoms with E-state index < -0.39 is 0 Å². The Morgan fingerprint density at radius 3 is 2.48 bits per heavy atom. The summed E-state index contributed by atoms with van der Waals surface area (Å²) in [5, 5.41) is 0.211. The van der Waals surface area contributed by atoms with Gasteiger partial charge in [0.1, 0.15) is 5.82 Å². The highest BCUT2D eigenvalue weighted by atomic mass is 35.5. The third-order valence-electron chi connectivity index (χ3n) is 3.35. The Kier molecular flexibility index (Phi) is 6.18. The second kappa shape index (κ2) is 8.13. The van der Waals surface area contributed by atoms with E-state index in [2.05, 4.69) is 17.0 Å². The summed E-state index contributed by atoms with van der Waals surface area (Å²) in [5.41, 5.74) is 7.64. The molecule has 0 bridgehead atoms. The molecule has 2 N–H and O–H groups in total. The predicted molar refractivity (Wildman–Crippen MR) is 85.6 cm³/mol. The minimum Gasteiger partial charge on any atom is -0.330 e. The van der Waals surface area contributed by atoms with Gasteiger partial charge >= 0.3 is 0 Å². The lowest BCUT2D eigenvalue weighted by Crippen LogP contribution is -2.25. The van der Waals surface area contributed by atoms with Crippen LogP contribution < -0.4 is 5.73 Å². The SMILES string of the molecule is NCCCN(Cc1ccccc1)Cc1cccc(F)c1Cl. The number of hydrogen-bond acceptors (Lipinski definition) is 2. The maximum atomic E-state index is 13.5. The van der Waals surface area contributed by atoms with Crippen LogP contribution in [-0.2, 0) is 13.1 Å². The molecule has 0 aliphatic carbocycles. The molecule has 0 aliphatic rings. The van der Waals surface area contributed by atoms with Gasteiger partial charge in [0.25, 0.3) is 0 Å². The first kappa shape index (κ1) is 16.0. The van der Waals surface area contributed by atoms with Crippen molar-refractivity contribution in [2.75, 3.05) is 13.1 Å². The Hall–Kier alpha value is -1.42. The number of halogens is 2.